The van der Waals surface area contributed by atoms with Gasteiger partial charge in [0, 0.05) is 19.1 Å². The number of para-hydroxylation sites is 1. The molecule has 1 saturated carbocycles. The van der Waals surface area contributed by atoms with Gasteiger partial charge in [-0.05, 0) is 36.8 Å². The second kappa shape index (κ2) is 7.14. The molecule has 2 fully saturated rings. The first-order valence-electron chi connectivity index (χ1n) is 7.45. The molecule has 3 unspecified atom stereocenters. The van der Waals surface area contributed by atoms with Crippen LogP contribution in [-0.4, -0.2) is 36.5 Å². The quantitative estimate of drug-likeness (QED) is 0.926. The number of hydrogen-bond donors (Lipinski definition) is 1. The van der Waals surface area contributed by atoms with Gasteiger partial charge >= 0.3 is 0 Å². The van der Waals surface area contributed by atoms with E-state index in [4.69, 9.17) is 10.5 Å². The Morgan fingerprint density at radius 3 is 2.71 bits per heavy atom. The van der Waals surface area contributed by atoms with E-state index in [1.807, 2.05) is 35.2 Å². The van der Waals surface area contributed by atoms with E-state index < -0.39 is 0 Å². The highest BCUT2D eigenvalue weighted by molar-refractivity contribution is 5.85. The van der Waals surface area contributed by atoms with Gasteiger partial charge in [-0.3, -0.25) is 4.79 Å². The van der Waals surface area contributed by atoms with Crippen molar-refractivity contribution >= 4 is 18.3 Å². The molecule has 2 N–H and O–H groups in total. The maximum Gasteiger partial charge on any atom is 0.226 e. The molecule has 1 aliphatic heterocycles. The van der Waals surface area contributed by atoms with Gasteiger partial charge in [-0.15, -0.1) is 12.4 Å². The van der Waals surface area contributed by atoms with Crippen LogP contribution in [0.3, 0.4) is 0 Å². The standard InChI is InChI=1S/C16H22N2O2.ClH/c17-15-7-6-12-10-18(11-14(12)15)16(19)8-9-20-13-4-2-1-3-5-13;/h1-5,12,14-15H,6-11,17H2;1H. The summed E-state index contributed by atoms with van der Waals surface area (Å²) >= 11 is 0. The monoisotopic (exact) mass is 310 g/mol. The normalized spacial score (nSPS) is 27.1. The molecule has 1 saturated heterocycles. The lowest BCUT2D eigenvalue weighted by Gasteiger charge is -2.18. The third-order valence-corrected chi connectivity index (χ3v) is 4.59. The van der Waals surface area contributed by atoms with E-state index in [9.17, 15) is 4.79 Å². The number of halogens is 1. The molecule has 5 heteroatoms. The number of carbonyl (C=O) groups excluding carboxylic acids is 1. The number of ether oxygens (including phenoxy) is 1. The lowest BCUT2D eigenvalue weighted by Crippen LogP contribution is -2.34. The minimum atomic E-state index is 0. The molecule has 0 aromatic heterocycles. The predicted octanol–water partition coefficient (Wildman–Crippen LogP) is 2.07. The summed E-state index contributed by atoms with van der Waals surface area (Å²) in [6, 6.07) is 9.91. The molecular weight excluding hydrogens is 288 g/mol. The van der Waals surface area contributed by atoms with Crippen LogP contribution in [0.15, 0.2) is 30.3 Å². The fourth-order valence-electron chi connectivity index (χ4n) is 3.44. The van der Waals surface area contributed by atoms with Crippen molar-refractivity contribution in [3.63, 3.8) is 0 Å². The number of nitrogens with two attached hydrogens (primary N) is 1. The SMILES string of the molecule is Cl.NC1CCC2CN(C(=O)CCOc3ccccc3)CC12. The van der Waals surface area contributed by atoms with Crippen LogP contribution in [0.5, 0.6) is 5.75 Å². The topological polar surface area (TPSA) is 55.6 Å². The Bertz CT molecular complexity index is 469. The van der Waals surface area contributed by atoms with Crippen molar-refractivity contribution in [2.75, 3.05) is 19.7 Å². The molecule has 3 rings (SSSR count). The van der Waals surface area contributed by atoms with E-state index in [1.165, 1.54) is 6.42 Å². The Hall–Kier alpha value is -1.26. The summed E-state index contributed by atoms with van der Waals surface area (Å²) in [4.78, 5) is 14.2. The summed E-state index contributed by atoms with van der Waals surface area (Å²) in [5.41, 5.74) is 6.10. The molecule has 0 spiro atoms. The fraction of sp³-hybridized carbons (Fsp3) is 0.562. The maximum atomic E-state index is 12.2. The third kappa shape index (κ3) is 3.69. The van der Waals surface area contributed by atoms with E-state index in [0.717, 1.165) is 25.3 Å². The lowest BCUT2D eigenvalue weighted by molar-refractivity contribution is -0.131. The number of benzene rings is 1. The lowest BCUT2D eigenvalue weighted by atomic mass is 9.98. The van der Waals surface area contributed by atoms with E-state index in [0.29, 0.717) is 30.9 Å². The number of rotatable bonds is 4. The van der Waals surface area contributed by atoms with Crippen LogP contribution < -0.4 is 10.5 Å². The Morgan fingerprint density at radius 2 is 2.00 bits per heavy atom. The number of nitrogens with zero attached hydrogens (tertiary/aromatic N) is 1. The van der Waals surface area contributed by atoms with Gasteiger partial charge in [0.15, 0.2) is 0 Å². The Balaban J connectivity index is 0.00000161. The summed E-state index contributed by atoms with van der Waals surface area (Å²) < 4.78 is 5.58. The van der Waals surface area contributed by atoms with Gasteiger partial charge in [0.2, 0.25) is 5.91 Å². The molecule has 1 aromatic rings. The summed E-state index contributed by atoms with van der Waals surface area (Å²) in [7, 11) is 0. The summed E-state index contributed by atoms with van der Waals surface area (Å²) in [6.45, 7) is 2.18. The molecule has 1 amide bonds. The fourth-order valence-corrected chi connectivity index (χ4v) is 3.44. The number of hydrogen-bond acceptors (Lipinski definition) is 3. The minimum absolute atomic E-state index is 0. The number of fused-ring (bicyclic) bond motifs is 1. The zero-order valence-electron chi connectivity index (χ0n) is 12.1. The molecule has 1 aromatic carbocycles. The van der Waals surface area contributed by atoms with Gasteiger partial charge in [-0.25, -0.2) is 0 Å². The van der Waals surface area contributed by atoms with Crippen LogP contribution in [0.25, 0.3) is 0 Å². The molecule has 21 heavy (non-hydrogen) atoms. The molecule has 1 aliphatic carbocycles. The zero-order valence-corrected chi connectivity index (χ0v) is 12.9. The summed E-state index contributed by atoms with van der Waals surface area (Å²) in [6.07, 6.45) is 2.74. The molecule has 1 heterocycles. The van der Waals surface area contributed by atoms with E-state index in [1.54, 1.807) is 0 Å². The van der Waals surface area contributed by atoms with Gasteiger partial charge < -0.3 is 15.4 Å². The largest absolute Gasteiger partial charge is 0.493 e. The number of likely N-dealkylation sites (tertiary alicyclic amines) is 1. The van der Waals surface area contributed by atoms with Crippen molar-refractivity contribution in [1.29, 1.82) is 0 Å². The second-order valence-electron chi connectivity index (χ2n) is 5.88. The van der Waals surface area contributed by atoms with Crippen LogP contribution in [0.4, 0.5) is 0 Å². The van der Waals surface area contributed by atoms with Crippen LogP contribution in [0.1, 0.15) is 19.3 Å². The number of amides is 1. The highest BCUT2D eigenvalue weighted by atomic mass is 35.5. The van der Waals surface area contributed by atoms with Crippen LogP contribution in [0, 0.1) is 11.8 Å². The smallest absolute Gasteiger partial charge is 0.226 e. The Morgan fingerprint density at radius 1 is 1.24 bits per heavy atom. The van der Waals surface area contributed by atoms with Gasteiger partial charge in [0.05, 0.1) is 13.0 Å². The van der Waals surface area contributed by atoms with Crippen molar-refractivity contribution in [3.05, 3.63) is 30.3 Å². The van der Waals surface area contributed by atoms with Gasteiger partial charge in [-0.2, -0.15) is 0 Å². The van der Waals surface area contributed by atoms with E-state index in [-0.39, 0.29) is 18.3 Å². The summed E-state index contributed by atoms with van der Waals surface area (Å²) in [5, 5.41) is 0. The number of carbonyl (C=O) groups is 1. The van der Waals surface area contributed by atoms with Crippen molar-refractivity contribution in [1.82, 2.24) is 4.90 Å². The van der Waals surface area contributed by atoms with Crippen LogP contribution in [0.2, 0.25) is 0 Å². The van der Waals surface area contributed by atoms with E-state index in [2.05, 4.69) is 0 Å². The highest BCUT2D eigenvalue weighted by Crippen LogP contribution is 2.37. The third-order valence-electron chi connectivity index (χ3n) is 4.59. The van der Waals surface area contributed by atoms with Crippen molar-refractivity contribution in [3.8, 4) is 5.75 Å². The molecular formula is C16H23ClN2O2. The van der Waals surface area contributed by atoms with Gasteiger partial charge in [0.25, 0.3) is 0 Å². The molecule has 4 nitrogen and oxygen atoms in total. The molecule has 0 radical (unpaired) electrons. The highest BCUT2D eigenvalue weighted by Gasteiger charge is 2.42. The Labute approximate surface area is 132 Å². The first-order chi connectivity index (χ1) is 9.74. The zero-order chi connectivity index (χ0) is 13.9. The van der Waals surface area contributed by atoms with Crippen molar-refractivity contribution in [2.45, 2.75) is 25.3 Å². The minimum Gasteiger partial charge on any atom is -0.493 e. The van der Waals surface area contributed by atoms with E-state index >= 15 is 0 Å². The van der Waals surface area contributed by atoms with Crippen LogP contribution in [-0.2, 0) is 4.79 Å². The van der Waals surface area contributed by atoms with Gasteiger partial charge in [0.1, 0.15) is 5.75 Å². The van der Waals surface area contributed by atoms with Gasteiger partial charge in [-0.1, -0.05) is 18.2 Å². The summed E-state index contributed by atoms with van der Waals surface area (Å²) in [5.74, 6) is 2.17. The molecule has 2 aliphatic rings. The molecule has 116 valence electrons. The molecule has 3 atom stereocenters. The van der Waals surface area contributed by atoms with Crippen LogP contribution >= 0.6 is 12.4 Å². The average Bonchev–Trinajstić information content (AvgIpc) is 3.03. The van der Waals surface area contributed by atoms with Crippen molar-refractivity contribution in [2.24, 2.45) is 17.6 Å². The molecule has 0 bridgehead atoms. The predicted molar refractivity (Wildman–Crippen MR) is 84.6 cm³/mol. The first kappa shape index (κ1) is 16.1. The maximum absolute atomic E-state index is 12.2. The second-order valence-corrected chi connectivity index (χ2v) is 5.88. The first-order valence-corrected chi connectivity index (χ1v) is 7.45. The average molecular weight is 311 g/mol. The Kier molecular flexibility index (Phi) is 5.48. The van der Waals surface area contributed by atoms with Crippen molar-refractivity contribution < 1.29 is 9.53 Å².